The number of carbonyl (C=O) groups excluding carboxylic acids is 8. The highest BCUT2D eigenvalue weighted by Crippen LogP contribution is 2.44. The number of ether oxygens (including phenoxy) is 1. The lowest BCUT2D eigenvalue weighted by molar-refractivity contribution is -0.186. The fraction of sp³-hybridized carbons (Fsp3) is 0.569. The minimum Gasteiger partial charge on any atom is -0.508 e. The van der Waals surface area contributed by atoms with Gasteiger partial charge in [-0.25, -0.2) is 9.59 Å². The summed E-state index contributed by atoms with van der Waals surface area (Å²) in [6, 6.07) is 11.8. The summed E-state index contributed by atoms with van der Waals surface area (Å²) in [6.07, 6.45) is 10.4. The lowest BCUT2D eigenvalue weighted by atomic mass is 9.86. The third-order valence-corrected chi connectivity index (χ3v) is 11.9. The van der Waals surface area contributed by atoms with Gasteiger partial charge in [-0.3, -0.25) is 33.6 Å². The molecule has 4 unspecified atom stereocenters. The highest BCUT2D eigenvalue weighted by molar-refractivity contribution is 5.90. The van der Waals surface area contributed by atoms with Gasteiger partial charge in [0.2, 0.25) is 35.9 Å². The molecule has 2 aliphatic heterocycles. The molecule has 20 nitrogen and oxygen atoms in total. The lowest BCUT2D eigenvalue weighted by Crippen LogP contribution is -2.51. The van der Waals surface area contributed by atoms with Crippen molar-refractivity contribution in [1.29, 1.82) is 0 Å². The Balaban J connectivity index is 0.000000700. The zero-order valence-corrected chi connectivity index (χ0v) is 48.1. The minimum absolute atomic E-state index is 0.00475. The second kappa shape index (κ2) is 35.3. The van der Waals surface area contributed by atoms with Crippen LogP contribution in [0.15, 0.2) is 66.9 Å². The number of nitrogens with zero attached hydrogens (tertiary/aromatic N) is 1. The van der Waals surface area contributed by atoms with Crippen molar-refractivity contribution < 1.29 is 62.9 Å². The number of hydrogen-bond acceptors (Lipinski definition) is 12. The average Bonchev–Trinajstić information content (AvgIpc) is 4.13. The Morgan fingerprint density at radius 3 is 2.09 bits per heavy atom. The standard InChI is InChI=1S/C31H42N4O7.C15H27N3O5.C9H12O.C3H8/c1-5-6-7-9-20(2)29-30(41-29)24-15-13-23(14-16-24)18-33-31(40)22(4)34-26(37)19-32-25(36)10-8-11-28(39)42-35-21(3)12-17-27(35)38;1-14(2,3)6-10(12(21)22)18-13(23)15(4,5)8-17-11(20)7-16-9-19;1-3-8-6-7(2)4-5-9(8)10;1-3-2/h5-6,13-16,20,22,29-30H,3,7-12,17-19H2,1-2,4H3,(H,32,36)(H,33,40)(H,34,37);9-10H,6-8H2,1-5H3,(H,16,19)(H,17,20)(H,18,23)(H,21,22);4-6,10H,3H2,1-2H3;3H2,1-2H3/b6-5+;;;/t;10-;;/m.0../s1. The molecule has 78 heavy (non-hydrogen) atoms. The van der Waals surface area contributed by atoms with E-state index in [1.807, 2.05) is 77.9 Å². The molecule has 434 valence electrons. The predicted molar refractivity (Wildman–Crippen MR) is 298 cm³/mol. The second-order valence-electron chi connectivity index (χ2n) is 21.2. The summed E-state index contributed by atoms with van der Waals surface area (Å²) in [6.45, 7) is 26.5. The third kappa shape index (κ3) is 27.8. The maximum Gasteiger partial charge on any atom is 0.333 e. The number of phenolic OH excluding ortho intramolecular Hbond substituents is 1. The quantitative estimate of drug-likeness (QED) is 0.0278. The van der Waals surface area contributed by atoms with Crippen molar-refractivity contribution in [2.24, 2.45) is 16.7 Å². The first-order valence-corrected chi connectivity index (χ1v) is 26.8. The molecule has 4 rings (SSSR count). The monoisotopic (exact) mass is 1090 g/mol. The summed E-state index contributed by atoms with van der Waals surface area (Å²) in [4.78, 5) is 110. The Bertz CT molecular complexity index is 2310. The molecule has 0 bridgehead atoms. The van der Waals surface area contributed by atoms with Gasteiger partial charge >= 0.3 is 11.9 Å². The van der Waals surface area contributed by atoms with Crippen LogP contribution in [0.2, 0.25) is 0 Å². The van der Waals surface area contributed by atoms with Crippen LogP contribution in [0.1, 0.15) is 162 Å². The van der Waals surface area contributed by atoms with Gasteiger partial charge in [-0.05, 0) is 107 Å². The Kier molecular flexibility index (Phi) is 31.2. The number of carbonyl (C=O) groups is 9. The van der Waals surface area contributed by atoms with E-state index < -0.39 is 53.1 Å². The molecule has 7 amide bonds. The number of hydroxylamine groups is 2. The Morgan fingerprint density at radius 2 is 1.54 bits per heavy atom. The van der Waals surface area contributed by atoms with Crippen molar-refractivity contribution >= 4 is 53.8 Å². The lowest BCUT2D eigenvalue weighted by Gasteiger charge is -2.29. The van der Waals surface area contributed by atoms with Crippen LogP contribution >= 0.6 is 0 Å². The van der Waals surface area contributed by atoms with Crippen LogP contribution in [0.5, 0.6) is 5.75 Å². The first-order chi connectivity index (χ1) is 36.6. The first kappa shape index (κ1) is 68.9. The number of carboxylic acid groups (broad SMARTS) is 1. The van der Waals surface area contributed by atoms with Crippen LogP contribution in [0, 0.1) is 23.7 Å². The average molecular weight is 1090 g/mol. The zero-order chi connectivity index (χ0) is 59.2. The van der Waals surface area contributed by atoms with E-state index in [4.69, 9.17) is 9.57 Å². The van der Waals surface area contributed by atoms with Crippen molar-refractivity contribution in [1.82, 2.24) is 37.0 Å². The normalized spacial score (nSPS) is 15.7. The molecule has 2 aromatic rings. The first-order valence-electron chi connectivity index (χ1n) is 26.8. The van der Waals surface area contributed by atoms with Crippen molar-refractivity contribution in [2.75, 3.05) is 19.6 Å². The van der Waals surface area contributed by atoms with Gasteiger partial charge in [0.15, 0.2) is 0 Å². The van der Waals surface area contributed by atoms with E-state index in [1.54, 1.807) is 26.8 Å². The molecule has 20 heteroatoms. The molecule has 5 atom stereocenters. The number of phenols is 1. The topological polar surface area (TPSA) is 291 Å². The second-order valence-corrected chi connectivity index (χ2v) is 21.2. The Hall–Kier alpha value is -7.09. The number of amides is 7. The number of benzene rings is 2. The van der Waals surface area contributed by atoms with Gasteiger partial charge in [0.25, 0.3) is 5.91 Å². The van der Waals surface area contributed by atoms with Crippen molar-refractivity contribution in [3.05, 3.63) is 89.1 Å². The van der Waals surface area contributed by atoms with E-state index in [0.29, 0.717) is 43.2 Å². The van der Waals surface area contributed by atoms with E-state index in [2.05, 4.69) is 71.4 Å². The highest BCUT2D eigenvalue weighted by atomic mass is 16.7. The zero-order valence-electron chi connectivity index (χ0n) is 48.1. The summed E-state index contributed by atoms with van der Waals surface area (Å²) in [5.41, 5.74) is 3.47. The molecule has 0 spiro atoms. The molecule has 2 saturated heterocycles. The number of carboxylic acids is 1. The number of epoxide rings is 1. The number of nitrogens with one attached hydrogen (secondary N) is 6. The number of allylic oxidation sites excluding steroid dienone is 3. The molecule has 0 aliphatic carbocycles. The van der Waals surface area contributed by atoms with Gasteiger partial charge in [-0.2, -0.15) is 0 Å². The van der Waals surface area contributed by atoms with Crippen LogP contribution in [0.3, 0.4) is 0 Å². The smallest absolute Gasteiger partial charge is 0.333 e. The molecule has 2 aromatic carbocycles. The molecule has 2 fully saturated rings. The molecule has 2 heterocycles. The van der Waals surface area contributed by atoms with Crippen LogP contribution in [0.25, 0.3) is 0 Å². The number of hydrogen-bond donors (Lipinski definition) is 8. The maximum absolute atomic E-state index is 12.5. The van der Waals surface area contributed by atoms with Crippen LogP contribution in [0.4, 0.5) is 0 Å². The van der Waals surface area contributed by atoms with Gasteiger partial charge in [0.05, 0.1) is 30.3 Å². The molecule has 0 aromatic heterocycles. The number of aliphatic carboxylic acids is 1. The van der Waals surface area contributed by atoms with E-state index in [9.17, 15) is 53.4 Å². The molecule has 2 aliphatic rings. The van der Waals surface area contributed by atoms with Crippen LogP contribution in [-0.2, 0) is 65.7 Å². The van der Waals surface area contributed by atoms with Gasteiger partial charge in [0.1, 0.15) is 23.9 Å². The van der Waals surface area contributed by atoms with E-state index in [-0.39, 0.29) is 74.8 Å². The maximum atomic E-state index is 12.5. The Morgan fingerprint density at radius 1 is 0.885 bits per heavy atom. The summed E-state index contributed by atoms with van der Waals surface area (Å²) in [5, 5.41) is 34.4. The largest absolute Gasteiger partial charge is 0.508 e. The predicted octanol–water partition coefficient (Wildman–Crippen LogP) is 6.68. The highest BCUT2D eigenvalue weighted by Gasteiger charge is 2.43. The molecular weight excluding hydrogens is 1000 g/mol. The fourth-order valence-corrected chi connectivity index (χ4v) is 7.35. The van der Waals surface area contributed by atoms with E-state index in [0.717, 1.165) is 41.0 Å². The molecule has 0 saturated carbocycles. The van der Waals surface area contributed by atoms with Gasteiger partial charge < -0.3 is 51.7 Å². The minimum atomic E-state index is -1.09. The summed E-state index contributed by atoms with van der Waals surface area (Å²) >= 11 is 0. The van der Waals surface area contributed by atoms with Gasteiger partial charge in [0, 0.05) is 32.4 Å². The third-order valence-electron chi connectivity index (χ3n) is 11.9. The van der Waals surface area contributed by atoms with Gasteiger partial charge in [-0.15, -0.1) is 5.06 Å². The number of aromatic hydroxyl groups is 1. The van der Waals surface area contributed by atoms with E-state index in [1.165, 1.54) is 12.0 Å². The summed E-state index contributed by atoms with van der Waals surface area (Å²) in [7, 11) is 0. The van der Waals surface area contributed by atoms with Gasteiger partial charge in [-0.1, -0.05) is 116 Å². The van der Waals surface area contributed by atoms with Crippen molar-refractivity contribution in [2.45, 2.75) is 178 Å². The summed E-state index contributed by atoms with van der Waals surface area (Å²) in [5.74, 6) is -3.34. The number of aryl methyl sites for hydroxylation is 2. The molecular formula is C58H89N7O13. The van der Waals surface area contributed by atoms with Crippen LogP contribution in [-0.4, -0.2) is 107 Å². The number of rotatable bonds is 26. The molecule has 8 N–H and O–H groups in total. The summed E-state index contributed by atoms with van der Waals surface area (Å²) < 4.78 is 5.90. The SMILES string of the molecule is C=C1CCC(=O)N1OC(=O)CCCC(=O)NCC(=O)NC(C)C(=O)NCc1ccc(C2OC2C(C)CC/C=C/C)cc1.CC(C)(C)C[C@H](NC(=O)C(C)(C)CNC(=O)CNC=O)C(=O)O.CCC.CCc1cc(C)ccc1O. The van der Waals surface area contributed by atoms with Crippen molar-refractivity contribution in [3.63, 3.8) is 0 Å². The molecule has 0 radical (unpaired) electrons. The Labute approximate surface area is 461 Å². The van der Waals surface area contributed by atoms with E-state index >= 15 is 0 Å². The van der Waals surface area contributed by atoms with Crippen molar-refractivity contribution in [3.8, 4) is 5.75 Å². The van der Waals surface area contributed by atoms with Crippen LogP contribution < -0.4 is 31.9 Å². The fourth-order valence-electron chi connectivity index (χ4n) is 7.35.